The predicted octanol–water partition coefficient (Wildman–Crippen LogP) is 3.24. The molecule has 1 saturated heterocycles. The van der Waals surface area contributed by atoms with Crippen molar-refractivity contribution in [3.8, 4) is 0 Å². The van der Waals surface area contributed by atoms with Gasteiger partial charge >= 0.3 is 0 Å². The van der Waals surface area contributed by atoms with Crippen molar-refractivity contribution < 1.29 is 4.79 Å². The van der Waals surface area contributed by atoms with Crippen LogP contribution in [-0.4, -0.2) is 47.4 Å². The molecule has 4 nitrogen and oxygen atoms in total. The molecule has 2 heterocycles. The Kier molecular flexibility index (Phi) is 5.82. The van der Waals surface area contributed by atoms with E-state index in [0.717, 1.165) is 50.1 Å². The Balaban J connectivity index is 1.55. The van der Waals surface area contributed by atoms with Gasteiger partial charge in [0.2, 0.25) is 0 Å². The van der Waals surface area contributed by atoms with Crippen LogP contribution in [0.5, 0.6) is 0 Å². The Morgan fingerprint density at radius 3 is 2.88 bits per heavy atom. The second-order valence-electron chi connectivity index (χ2n) is 6.97. The van der Waals surface area contributed by atoms with E-state index in [2.05, 4.69) is 36.0 Å². The molecule has 25 heavy (non-hydrogen) atoms. The predicted molar refractivity (Wildman–Crippen MR) is 100 cm³/mol. The highest BCUT2D eigenvalue weighted by Crippen LogP contribution is 2.21. The zero-order valence-corrected chi connectivity index (χ0v) is 15.2. The van der Waals surface area contributed by atoms with Crippen molar-refractivity contribution in [2.45, 2.75) is 26.3 Å². The molecule has 3 rings (SSSR count). The van der Waals surface area contributed by atoms with Gasteiger partial charge in [-0.3, -0.25) is 9.78 Å². The largest absolute Gasteiger partial charge is 0.338 e. The Morgan fingerprint density at radius 2 is 2.12 bits per heavy atom. The van der Waals surface area contributed by atoms with Crippen LogP contribution >= 0.6 is 0 Å². The summed E-state index contributed by atoms with van der Waals surface area (Å²) in [6, 6.07) is 12.1. The highest BCUT2D eigenvalue weighted by Gasteiger charge is 2.28. The highest BCUT2D eigenvalue weighted by molar-refractivity contribution is 5.95. The molecular formula is C21H27N3O. The van der Waals surface area contributed by atoms with Gasteiger partial charge < -0.3 is 9.80 Å². The van der Waals surface area contributed by atoms with E-state index in [0.29, 0.717) is 5.92 Å². The number of aromatic nitrogens is 1. The first-order valence-corrected chi connectivity index (χ1v) is 9.12. The van der Waals surface area contributed by atoms with Crippen molar-refractivity contribution in [2.24, 2.45) is 5.92 Å². The number of pyridine rings is 1. The van der Waals surface area contributed by atoms with E-state index in [1.165, 1.54) is 5.56 Å². The second kappa shape index (κ2) is 8.26. The third-order valence-electron chi connectivity index (χ3n) is 4.95. The van der Waals surface area contributed by atoms with Crippen LogP contribution in [0.4, 0.5) is 0 Å². The lowest BCUT2D eigenvalue weighted by molar-refractivity contribution is 0.0783. The molecule has 1 fully saturated rings. The summed E-state index contributed by atoms with van der Waals surface area (Å²) in [6.07, 6.45) is 5.70. The Bertz CT molecular complexity index is 701. The van der Waals surface area contributed by atoms with Gasteiger partial charge in [0, 0.05) is 44.1 Å². The average Bonchev–Trinajstić information content (AvgIpc) is 3.10. The lowest BCUT2D eigenvalue weighted by Gasteiger charge is -2.22. The van der Waals surface area contributed by atoms with E-state index in [4.69, 9.17) is 0 Å². The van der Waals surface area contributed by atoms with Gasteiger partial charge in [-0.05, 0) is 49.1 Å². The summed E-state index contributed by atoms with van der Waals surface area (Å²) in [7, 11) is 2.14. The lowest BCUT2D eigenvalue weighted by Crippen LogP contribution is -2.32. The van der Waals surface area contributed by atoms with Crippen molar-refractivity contribution >= 4 is 5.91 Å². The third kappa shape index (κ3) is 4.45. The van der Waals surface area contributed by atoms with Crippen LogP contribution in [-0.2, 0) is 13.0 Å². The van der Waals surface area contributed by atoms with Crippen molar-refractivity contribution in [3.05, 3.63) is 65.5 Å². The maximum atomic E-state index is 12.9. The van der Waals surface area contributed by atoms with Gasteiger partial charge in [0.25, 0.3) is 5.91 Å². The number of aryl methyl sites for hydroxylation is 1. The molecule has 0 aliphatic carbocycles. The number of rotatable bonds is 6. The van der Waals surface area contributed by atoms with Gasteiger partial charge in [0.15, 0.2) is 0 Å². The molecule has 0 spiro atoms. The van der Waals surface area contributed by atoms with Crippen LogP contribution in [0.3, 0.4) is 0 Å². The zero-order valence-electron chi connectivity index (χ0n) is 15.2. The van der Waals surface area contributed by atoms with E-state index < -0.39 is 0 Å². The average molecular weight is 337 g/mol. The van der Waals surface area contributed by atoms with Crippen molar-refractivity contribution in [1.82, 2.24) is 14.8 Å². The normalized spacial score (nSPS) is 17.2. The minimum atomic E-state index is 0.190. The monoisotopic (exact) mass is 337 g/mol. The maximum Gasteiger partial charge on any atom is 0.254 e. The van der Waals surface area contributed by atoms with Crippen molar-refractivity contribution in [3.63, 3.8) is 0 Å². The van der Waals surface area contributed by atoms with E-state index in [1.54, 1.807) is 6.20 Å². The SMILES string of the molecule is CCc1ccccc1C(=O)N1CC[C@@H](CN(C)Cc2cccnc2)C1. The summed E-state index contributed by atoms with van der Waals surface area (Å²) in [5.41, 5.74) is 3.24. The Labute approximate surface area is 150 Å². The van der Waals surface area contributed by atoms with Crippen LogP contribution in [0, 0.1) is 5.92 Å². The number of likely N-dealkylation sites (tertiary alicyclic amines) is 1. The van der Waals surface area contributed by atoms with E-state index >= 15 is 0 Å². The summed E-state index contributed by atoms with van der Waals surface area (Å²) >= 11 is 0. The summed E-state index contributed by atoms with van der Waals surface area (Å²) in [5, 5.41) is 0. The standard InChI is InChI=1S/C21H27N3O/c1-3-19-8-4-5-9-20(19)21(25)24-12-10-18(16-24)15-23(2)14-17-7-6-11-22-13-17/h4-9,11,13,18H,3,10,12,14-16H2,1-2H3/t18-/m0/s1. The fourth-order valence-corrected chi connectivity index (χ4v) is 3.68. The van der Waals surface area contributed by atoms with Crippen molar-refractivity contribution in [2.75, 3.05) is 26.7 Å². The number of carbonyl (C=O) groups is 1. The summed E-state index contributed by atoms with van der Waals surface area (Å²) in [5.74, 6) is 0.731. The van der Waals surface area contributed by atoms with Gasteiger partial charge in [-0.2, -0.15) is 0 Å². The Hall–Kier alpha value is -2.20. The van der Waals surface area contributed by atoms with Gasteiger partial charge in [-0.15, -0.1) is 0 Å². The lowest BCUT2D eigenvalue weighted by atomic mass is 10.0. The summed E-state index contributed by atoms with van der Waals surface area (Å²) in [6.45, 7) is 5.73. The van der Waals surface area contributed by atoms with Gasteiger partial charge in [0.1, 0.15) is 0 Å². The molecule has 132 valence electrons. The van der Waals surface area contributed by atoms with Crippen LogP contribution < -0.4 is 0 Å². The minimum absolute atomic E-state index is 0.190. The molecule has 2 aromatic rings. The van der Waals surface area contributed by atoms with Crippen LogP contribution in [0.2, 0.25) is 0 Å². The van der Waals surface area contributed by atoms with Gasteiger partial charge in [0.05, 0.1) is 0 Å². The molecule has 1 atom stereocenters. The van der Waals surface area contributed by atoms with Gasteiger partial charge in [-0.1, -0.05) is 31.2 Å². The molecule has 0 unspecified atom stereocenters. The first kappa shape index (κ1) is 17.6. The smallest absolute Gasteiger partial charge is 0.254 e. The third-order valence-corrected chi connectivity index (χ3v) is 4.95. The summed E-state index contributed by atoms with van der Waals surface area (Å²) in [4.78, 5) is 21.4. The Morgan fingerprint density at radius 1 is 1.28 bits per heavy atom. The number of amides is 1. The minimum Gasteiger partial charge on any atom is -0.338 e. The van der Waals surface area contributed by atoms with E-state index in [-0.39, 0.29) is 5.91 Å². The fourth-order valence-electron chi connectivity index (χ4n) is 3.68. The molecule has 0 radical (unpaired) electrons. The zero-order chi connectivity index (χ0) is 17.6. The molecular weight excluding hydrogens is 310 g/mol. The maximum absolute atomic E-state index is 12.9. The molecule has 1 amide bonds. The molecule has 1 aliphatic rings. The first-order valence-electron chi connectivity index (χ1n) is 9.12. The number of hydrogen-bond acceptors (Lipinski definition) is 3. The number of nitrogens with zero attached hydrogens (tertiary/aromatic N) is 3. The van der Waals surface area contributed by atoms with Crippen LogP contribution in [0.1, 0.15) is 34.8 Å². The topological polar surface area (TPSA) is 36.4 Å². The molecule has 1 aliphatic heterocycles. The molecule has 1 aromatic heterocycles. The number of carbonyl (C=O) groups excluding carboxylic acids is 1. The van der Waals surface area contributed by atoms with Crippen molar-refractivity contribution in [1.29, 1.82) is 0 Å². The second-order valence-corrected chi connectivity index (χ2v) is 6.97. The number of hydrogen-bond donors (Lipinski definition) is 0. The van der Waals surface area contributed by atoms with Gasteiger partial charge in [-0.25, -0.2) is 0 Å². The van der Waals surface area contributed by atoms with E-state index in [1.807, 2.05) is 35.4 Å². The first-order chi connectivity index (χ1) is 12.2. The molecule has 1 aromatic carbocycles. The number of benzene rings is 1. The van der Waals surface area contributed by atoms with Crippen LogP contribution in [0.25, 0.3) is 0 Å². The summed E-state index contributed by atoms with van der Waals surface area (Å²) < 4.78 is 0. The van der Waals surface area contributed by atoms with E-state index in [9.17, 15) is 4.79 Å². The molecule has 0 bridgehead atoms. The fraction of sp³-hybridized carbons (Fsp3) is 0.429. The molecule has 0 N–H and O–H groups in total. The quantitative estimate of drug-likeness (QED) is 0.812. The van der Waals surface area contributed by atoms with Crippen LogP contribution in [0.15, 0.2) is 48.8 Å². The molecule has 0 saturated carbocycles. The molecule has 4 heteroatoms. The highest BCUT2D eigenvalue weighted by atomic mass is 16.2.